The molecule has 0 saturated heterocycles. The second kappa shape index (κ2) is 5.19. The summed E-state index contributed by atoms with van der Waals surface area (Å²) in [6.07, 6.45) is 1.16. The van der Waals surface area contributed by atoms with E-state index in [4.69, 9.17) is 10.8 Å². The molecule has 0 bridgehead atoms. The quantitative estimate of drug-likeness (QED) is 0.709. The molecule has 6 heteroatoms. The largest absolute Gasteiger partial charge is 0.396 e. The van der Waals surface area contributed by atoms with Crippen LogP contribution in [-0.4, -0.2) is 22.6 Å². The Bertz CT molecular complexity index is 694. The van der Waals surface area contributed by atoms with Crippen molar-refractivity contribution in [1.82, 2.24) is 4.98 Å². The molecule has 2 aromatic rings. The molecule has 100 valence electrons. The molecular formula is C13H13FN2O3. The second-order valence-electron chi connectivity index (χ2n) is 4.21. The molecule has 0 aliphatic rings. The van der Waals surface area contributed by atoms with Gasteiger partial charge in [0, 0.05) is 12.0 Å². The molecule has 1 aromatic carbocycles. The lowest BCUT2D eigenvalue weighted by Crippen LogP contribution is -2.25. The number of aromatic amines is 1. The van der Waals surface area contributed by atoms with E-state index in [0.29, 0.717) is 18.4 Å². The minimum absolute atomic E-state index is 0.0460. The van der Waals surface area contributed by atoms with Gasteiger partial charge in [-0.15, -0.1) is 0 Å². The molecule has 5 nitrogen and oxygen atoms in total. The molecule has 4 N–H and O–H groups in total. The van der Waals surface area contributed by atoms with E-state index in [1.165, 1.54) is 0 Å². The SMILES string of the molecule is NC(=O)c1c(F)[nH]c2ccc(CCCO)cc2c1=O. The van der Waals surface area contributed by atoms with Crippen molar-refractivity contribution in [2.45, 2.75) is 12.8 Å². The number of benzene rings is 1. The van der Waals surface area contributed by atoms with Gasteiger partial charge in [0.25, 0.3) is 5.91 Å². The first-order chi connectivity index (χ1) is 9.04. The Hall–Kier alpha value is -2.21. The Morgan fingerprint density at radius 2 is 2.16 bits per heavy atom. The lowest BCUT2D eigenvalue weighted by molar-refractivity contribution is 0.0995. The molecule has 0 atom stereocenters. The van der Waals surface area contributed by atoms with E-state index in [9.17, 15) is 14.0 Å². The van der Waals surface area contributed by atoms with Crippen LogP contribution in [0.15, 0.2) is 23.0 Å². The lowest BCUT2D eigenvalue weighted by Gasteiger charge is -2.05. The van der Waals surface area contributed by atoms with Gasteiger partial charge in [-0.3, -0.25) is 9.59 Å². The van der Waals surface area contributed by atoms with Crippen molar-refractivity contribution in [2.75, 3.05) is 6.61 Å². The monoisotopic (exact) mass is 264 g/mol. The van der Waals surface area contributed by atoms with Gasteiger partial charge in [-0.2, -0.15) is 4.39 Å². The summed E-state index contributed by atoms with van der Waals surface area (Å²) in [6, 6.07) is 4.88. The van der Waals surface area contributed by atoms with Crippen molar-refractivity contribution in [1.29, 1.82) is 0 Å². The van der Waals surface area contributed by atoms with E-state index in [-0.39, 0.29) is 12.0 Å². The summed E-state index contributed by atoms with van der Waals surface area (Å²) >= 11 is 0. The zero-order chi connectivity index (χ0) is 14.0. The number of pyridine rings is 1. The summed E-state index contributed by atoms with van der Waals surface area (Å²) in [6.45, 7) is 0.0460. The van der Waals surface area contributed by atoms with Crippen LogP contribution < -0.4 is 11.2 Å². The first-order valence-corrected chi connectivity index (χ1v) is 5.79. The fraction of sp³-hybridized carbons (Fsp3) is 0.231. The number of nitrogens with one attached hydrogen (secondary N) is 1. The number of hydrogen-bond donors (Lipinski definition) is 3. The number of aryl methyl sites for hydroxylation is 1. The van der Waals surface area contributed by atoms with Crippen molar-refractivity contribution in [3.8, 4) is 0 Å². The maximum Gasteiger partial charge on any atom is 0.257 e. The van der Waals surface area contributed by atoms with Crippen LogP contribution in [0.5, 0.6) is 0 Å². The Labute approximate surface area is 107 Å². The number of hydrogen-bond acceptors (Lipinski definition) is 3. The van der Waals surface area contributed by atoms with Crippen molar-refractivity contribution >= 4 is 16.8 Å². The van der Waals surface area contributed by atoms with Crippen LogP contribution in [0, 0.1) is 5.95 Å². The van der Waals surface area contributed by atoms with E-state index in [1.807, 2.05) is 0 Å². The van der Waals surface area contributed by atoms with Gasteiger partial charge in [-0.1, -0.05) is 6.07 Å². The third kappa shape index (κ3) is 2.48. The number of amides is 1. The van der Waals surface area contributed by atoms with Crippen LogP contribution in [0.25, 0.3) is 10.9 Å². The van der Waals surface area contributed by atoms with Crippen LogP contribution in [-0.2, 0) is 6.42 Å². The zero-order valence-corrected chi connectivity index (χ0v) is 10.1. The van der Waals surface area contributed by atoms with Crippen molar-refractivity contribution < 1.29 is 14.3 Å². The van der Waals surface area contributed by atoms with Gasteiger partial charge in [0.1, 0.15) is 5.56 Å². The van der Waals surface area contributed by atoms with Gasteiger partial charge in [-0.25, -0.2) is 0 Å². The summed E-state index contributed by atoms with van der Waals surface area (Å²) in [5.74, 6) is -2.12. The van der Waals surface area contributed by atoms with Gasteiger partial charge < -0.3 is 15.8 Å². The van der Waals surface area contributed by atoms with Crippen molar-refractivity contribution in [2.24, 2.45) is 5.73 Å². The van der Waals surface area contributed by atoms with Crippen LogP contribution in [0.2, 0.25) is 0 Å². The highest BCUT2D eigenvalue weighted by Crippen LogP contribution is 2.14. The highest BCUT2D eigenvalue weighted by molar-refractivity contribution is 5.96. The number of rotatable bonds is 4. The molecule has 1 heterocycles. The van der Waals surface area contributed by atoms with Gasteiger partial charge in [-0.05, 0) is 30.5 Å². The molecule has 19 heavy (non-hydrogen) atoms. The number of aliphatic hydroxyl groups excluding tert-OH is 1. The highest BCUT2D eigenvalue weighted by Gasteiger charge is 2.16. The van der Waals surface area contributed by atoms with Crippen LogP contribution in [0.1, 0.15) is 22.3 Å². The highest BCUT2D eigenvalue weighted by atomic mass is 19.1. The Morgan fingerprint density at radius 3 is 2.79 bits per heavy atom. The normalized spacial score (nSPS) is 10.8. The summed E-state index contributed by atoms with van der Waals surface area (Å²) in [5.41, 5.74) is 4.75. The molecule has 1 amide bonds. The van der Waals surface area contributed by atoms with Crippen LogP contribution >= 0.6 is 0 Å². The third-order valence-corrected chi connectivity index (χ3v) is 2.89. The molecule has 0 radical (unpaired) electrons. The topological polar surface area (TPSA) is 96.2 Å². The van der Waals surface area contributed by atoms with E-state index in [1.54, 1.807) is 18.2 Å². The van der Waals surface area contributed by atoms with E-state index in [0.717, 1.165) is 5.56 Å². The van der Waals surface area contributed by atoms with E-state index < -0.39 is 22.8 Å². The fourth-order valence-electron chi connectivity index (χ4n) is 1.96. The van der Waals surface area contributed by atoms with Crippen molar-refractivity contribution in [3.05, 3.63) is 45.5 Å². The minimum atomic E-state index is -1.10. The maximum absolute atomic E-state index is 13.5. The number of aliphatic hydroxyl groups is 1. The van der Waals surface area contributed by atoms with Gasteiger partial charge in [0.05, 0.1) is 5.52 Å². The molecule has 0 aliphatic heterocycles. The third-order valence-electron chi connectivity index (χ3n) is 2.89. The molecule has 0 saturated carbocycles. The molecule has 0 fully saturated rings. The van der Waals surface area contributed by atoms with E-state index in [2.05, 4.69) is 4.98 Å². The predicted octanol–water partition coefficient (Wildman–Crippen LogP) is 0.691. The smallest absolute Gasteiger partial charge is 0.257 e. The molecule has 0 spiro atoms. The van der Waals surface area contributed by atoms with Crippen molar-refractivity contribution in [3.63, 3.8) is 0 Å². The summed E-state index contributed by atoms with van der Waals surface area (Å²) < 4.78 is 13.5. The first kappa shape index (κ1) is 13.2. The van der Waals surface area contributed by atoms with Gasteiger partial charge in [0.2, 0.25) is 11.4 Å². The molecule has 2 rings (SSSR count). The maximum atomic E-state index is 13.5. The Morgan fingerprint density at radius 1 is 1.42 bits per heavy atom. The second-order valence-corrected chi connectivity index (χ2v) is 4.21. The van der Waals surface area contributed by atoms with Crippen LogP contribution in [0.4, 0.5) is 4.39 Å². The number of carbonyl (C=O) groups is 1. The summed E-state index contributed by atoms with van der Waals surface area (Å²) in [4.78, 5) is 25.4. The molecule has 0 aliphatic carbocycles. The number of halogens is 1. The summed E-state index contributed by atoms with van der Waals surface area (Å²) in [5, 5.41) is 8.98. The Kier molecular flexibility index (Phi) is 3.62. The van der Waals surface area contributed by atoms with E-state index >= 15 is 0 Å². The average molecular weight is 264 g/mol. The minimum Gasteiger partial charge on any atom is -0.396 e. The predicted molar refractivity (Wildman–Crippen MR) is 68.5 cm³/mol. The molecule has 1 aromatic heterocycles. The van der Waals surface area contributed by atoms with Gasteiger partial charge in [0.15, 0.2) is 0 Å². The molecular weight excluding hydrogens is 251 g/mol. The standard InChI is InChI=1S/C13H13FN2O3/c14-12-10(13(15)19)11(18)8-6-7(2-1-5-17)3-4-9(8)16-12/h3-4,6,17H,1-2,5H2,(H2,15,19)(H,16,18). The number of fused-ring (bicyclic) bond motifs is 1. The Balaban J connectivity index is 2.64. The van der Waals surface area contributed by atoms with Crippen LogP contribution in [0.3, 0.4) is 0 Å². The first-order valence-electron chi connectivity index (χ1n) is 5.79. The molecule has 0 unspecified atom stereocenters. The lowest BCUT2D eigenvalue weighted by atomic mass is 10.0. The van der Waals surface area contributed by atoms with Gasteiger partial charge >= 0.3 is 0 Å². The number of aromatic nitrogens is 1. The zero-order valence-electron chi connectivity index (χ0n) is 10.1. The average Bonchev–Trinajstić information content (AvgIpc) is 2.36. The summed E-state index contributed by atoms with van der Waals surface area (Å²) in [7, 11) is 0. The number of primary amides is 1. The number of nitrogens with two attached hydrogens (primary N) is 1. The number of H-pyrrole nitrogens is 1. The number of carbonyl (C=O) groups excluding carboxylic acids is 1. The fourth-order valence-corrected chi connectivity index (χ4v) is 1.96.